The van der Waals surface area contributed by atoms with Crippen LogP contribution in [0.15, 0.2) is 60.9 Å². The predicted octanol–water partition coefficient (Wildman–Crippen LogP) is 10.4. The summed E-state index contributed by atoms with van der Waals surface area (Å²) in [5.41, 5.74) is 5.25. The first-order valence-corrected chi connectivity index (χ1v) is 20.2. The number of carbonyl (C=O) groups excluding carboxylic acids is 2. The fraction of sp³-hybridized carbons (Fsp3) is 0.545. The van der Waals surface area contributed by atoms with Crippen molar-refractivity contribution in [3.05, 3.63) is 72.6 Å². The van der Waals surface area contributed by atoms with Crippen LogP contribution in [0.4, 0.5) is 17.6 Å². The van der Waals surface area contributed by atoms with Crippen molar-refractivity contribution in [3.63, 3.8) is 0 Å². The monoisotopic (exact) mass is 772 g/mol. The van der Waals surface area contributed by atoms with Gasteiger partial charge in [-0.05, 0) is 71.6 Å². The molecule has 2 aliphatic carbocycles. The highest BCUT2D eigenvalue weighted by molar-refractivity contribution is 5.81. The van der Waals surface area contributed by atoms with Crippen molar-refractivity contribution in [2.24, 2.45) is 22.7 Å². The van der Waals surface area contributed by atoms with E-state index in [0.717, 1.165) is 46.5 Å². The van der Waals surface area contributed by atoms with Gasteiger partial charge in [0.2, 0.25) is 23.7 Å². The minimum atomic E-state index is -2.68. The number of alkyl halides is 4. The largest absolute Gasteiger partial charge is 0.340 e. The highest BCUT2D eigenvalue weighted by Crippen LogP contribution is 2.49. The first kappa shape index (κ1) is 38.4. The highest BCUT2D eigenvalue weighted by atomic mass is 19.3. The van der Waals surface area contributed by atoms with Crippen molar-refractivity contribution in [2.45, 2.75) is 116 Å². The van der Waals surface area contributed by atoms with Gasteiger partial charge in [0.15, 0.2) is 0 Å². The maximum atomic E-state index is 13.8. The van der Waals surface area contributed by atoms with Crippen LogP contribution in [-0.4, -0.2) is 66.5 Å². The third-order valence-corrected chi connectivity index (χ3v) is 13.2. The molecule has 298 valence electrons. The van der Waals surface area contributed by atoms with E-state index in [4.69, 9.17) is 9.97 Å². The maximum Gasteiger partial charge on any atom is 0.248 e. The summed E-state index contributed by atoms with van der Waals surface area (Å²) in [5, 5.41) is 0. The molecule has 12 heteroatoms. The summed E-state index contributed by atoms with van der Waals surface area (Å²) in [4.78, 5) is 47.4. The number of rotatable bonds is 7. The Labute approximate surface area is 325 Å². The van der Waals surface area contributed by atoms with E-state index in [1.807, 2.05) is 34.1 Å². The van der Waals surface area contributed by atoms with Crippen molar-refractivity contribution in [2.75, 3.05) is 13.1 Å². The van der Waals surface area contributed by atoms with Gasteiger partial charge in [0.05, 0.1) is 35.9 Å². The van der Waals surface area contributed by atoms with Crippen LogP contribution in [0.1, 0.15) is 116 Å². The van der Waals surface area contributed by atoms with Gasteiger partial charge >= 0.3 is 0 Å². The first-order valence-electron chi connectivity index (χ1n) is 20.2. The fourth-order valence-corrected chi connectivity index (χ4v) is 9.68. The van der Waals surface area contributed by atoms with Gasteiger partial charge in [0.1, 0.15) is 11.6 Å². The molecule has 2 aromatic heterocycles. The molecular formula is C44H52F4N6O2. The van der Waals surface area contributed by atoms with Crippen LogP contribution in [0, 0.1) is 22.7 Å². The molecule has 56 heavy (non-hydrogen) atoms. The van der Waals surface area contributed by atoms with Crippen LogP contribution in [0.25, 0.3) is 33.6 Å². The van der Waals surface area contributed by atoms with E-state index in [-0.39, 0.29) is 97.9 Å². The lowest BCUT2D eigenvalue weighted by molar-refractivity contribution is -0.142. The van der Waals surface area contributed by atoms with E-state index in [1.165, 1.54) is 0 Å². The number of halogens is 4. The van der Waals surface area contributed by atoms with Crippen LogP contribution in [0.5, 0.6) is 0 Å². The van der Waals surface area contributed by atoms with Crippen molar-refractivity contribution in [1.82, 2.24) is 29.7 Å². The van der Waals surface area contributed by atoms with Gasteiger partial charge in [0.25, 0.3) is 0 Å². The molecule has 2 saturated carbocycles. The number of hydrogen-bond donors (Lipinski definition) is 2. The predicted molar refractivity (Wildman–Crippen MR) is 207 cm³/mol. The number of carbonyl (C=O) groups is 2. The Morgan fingerprint density at radius 2 is 0.875 bits per heavy atom. The topological polar surface area (TPSA) is 98.0 Å². The minimum Gasteiger partial charge on any atom is -0.340 e. The number of nitrogens with one attached hydrogen (secondary N) is 2. The van der Waals surface area contributed by atoms with E-state index in [9.17, 15) is 27.2 Å². The SMILES string of the molecule is CC1(C)CCN(C(=O)C2CCC(F)(F)CC2)C1c1ncc(-c2ccc(-c3ccc(-c4cnc(C5N(C(=O)C6CCC(F)(F)CC6)CCC5(C)C)[nH]4)cc3)cc2)[nH]1. The Bertz CT molecular complexity index is 1900. The molecule has 2 aliphatic heterocycles. The number of imidazole rings is 2. The molecular weight excluding hydrogens is 721 g/mol. The summed E-state index contributed by atoms with van der Waals surface area (Å²) in [5.74, 6) is -4.75. The number of hydrogen-bond acceptors (Lipinski definition) is 4. The summed E-state index contributed by atoms with van der Waals surface area (Å²) in [7, 11) is 0. The number of aromatic amines is 2. The van der Waals surface area contributed by atoms with E-state index >= 15 is 0 Å². The zero-order chi connectivity index (χ0) is 39.6. The average molecular weight is 773 g/mol. The number of likely N-dealkylation sites (tertiary alicyclic amines) is 2. The lowest BCUT2D eigenvalue weighted by atomic mass is 9.83. The van der Waals surface area contributed by atoms with Crippen LogP contribution in [0.2, 0.25) is 0 Å². The molecule has 8 rings (SSSR count). The van der Waals surface area contributed by atoms with Gasteiger partial charge in [-0.1, -0.05) is 76.2 Å². The second kappa shape index (κ2) is 14.2. The molecule has 4 aliphatic rings. The van der Waals surface area contributed by atoms with Crippen molar-refractivity contribution < 1.29 is 27.2 Å². The second-order valence-electron chi connectivity index (χ2n) is 18.1. The lowest BCUT2D eigenvalue weighted by Gasteiger charge is -2.35. The van der Waals surface area contributed by atoms with E-state index in [2.05, 4.69) is 61.9 Å². The Kier molecular flexibility index (Phi) is 9.71. The summed E-state index contributed by atoms with van der Waals surface area (Å²) in [6.45, 7) is 9.70. The maximum absolute atomic E-state index is 13.8. The highest BCUT2D eigenvalue weighted by Gasteiger charge is 2.49. The number of nitrogens with zero attached hydrogens (tertiary/aromatic N) is 4. The summed E-state index contributed by atoms with van der Waals surface area (Å²) in [6, 6.07) is 15.9. The van der Waals surface area contributed by atoms with E-state index in [0.29, 0.717) is 24.7 Å². The Balaban J connectivity index is 0.938. The molecule has 4 heterocycles. The molecule has 8 nitrogen and oxygen atoms in total. The summed E-state index contributed by atoms with van der Waals surface area (Å²) < 4.78 is 55.3. The Morgan fingerprint density at radius 3 is 1.21 bits per heavy atom. The van der Waals surface area contributed by atoms with E-state index < -0.39 is 11.8 Å². The van der Waals surface area contributed by atoms with Gasteiger partial charge < -0.3 is 19.8 Å². The van der Waals surface area contributed by atoms with Gasteiger partial charge in [-0.25, -0.2) is 27.5 Å². The third kappa shape index (κ3) is 7.40. The number of amides is 2. The minimum absolute atomic E-state index is 0.0401. The molecule has 2 unspecified atom stereocenters. The average Bonchev–Trinajstić information content (AvgIpc) is 3.96. The number of aromatic nitrogens is 4. The second-order valence-corrected chi connectivity index (χ2v) is 18.1. The number of benzene rings is 2. The molecule has 2 aromatic carbocycles. The molecule has 4 aromatic rings. The summed E-state index contributed by atoms with van der Waals surface area (Å²) >= 11 is 0. The standard InChI is InChI=1S/C44H52F4N6O2/c1-41(2)21-23-53(39(55)31-13-17-43(45,46)18-14-31)35(41)37-49-25-33(51-37)29-9-5-27(6-10-29)28-7-11-30(12-8-28)34-26-50-38(52-34)36-42(3,4)22-24-54(36)40(56)32-15-19-44(47,48)20-16-32/h5-12,25-26,31-32,35-36H,13-24H2,1-4H3,(H,49,51)(H,50,52). The van der Waals surface area contributed by atoms with Crippen molar-refractivity contribution in [3.8, 4) is 33.6 Å². The van der Waals surface area contributed by atoms with Gasteiger partial charge in [-0.2, -0.15) is 0 Å². The van der Waals surface area contributed by atoms with Gasteiger partial charge in [-0.3, -0.25) is 9.59 Å². The smallest absolute Gasteiger partial charge is 0.248 e. The zero-order valence-corrected chi connectivity index (χ0v) is 32.7. The van der Waals surface area contributed by atoms with Gasteiger partial charge in [-0.15, -0.1) is 0 Å². The summed E-state index contributed by atoms with van der Waals surface area (Å²) in [6.07, 6.45) is 5.15. The molecule has 2 saturated heterocycles. The molecule has 0 radical (unpaired) electrons. The zero-order valence-electron chi connectivity index (χ0n) is 32.7. The van der Waals surface area contributed by atoms with Crippen LogP contribution in [-0.2, 0) is 9.59 Å². The third-order valence-electron chi connectivity index (χ3n) is 13.2. The first-order chi connectivity index (χ1) is 26.5. The van der Waals surface area contributed by atoms with Crippen molar-refractivity contribution >= 4 is 11.8 Å². The normalized spacial score (nSPS) is 24.8. The van der Waals surface area contributed by atoms with Crippen LogP contribution < -0.4 is 0 Å². The van der Waals surface area contributed by atoms with Crippen molar-refractivity contribution in [1.29, 1.82) is 0 Å². The molecule has 4 fully saturated rings. The molecule has 2 atom stereocenters. The Hall–Kier alpha value is -4.48. The quantitative estimate of drug-likeness (QED) is 0.183. The van der Waals surface area contributed by atoms with Crippen LogP contribution in [0.3, 0.4) is 0 Å². The van der Waals surface area contributed by atoms with Gasteiger partial charge in [0, 0.05) is 50.6 Å². The Morgan fingerprint density at radius 1 is 0.554 bits per heavy atom. The number of H-pyrrole nitrogens is 2. The fourth-order valence-electron chi connectivity index (χ4n) is 9.68. The molecule has 0 bridgehead atoms. The van der Waals surface area contributed by atoms with Crippen LogP contribution >= 0.6 is 0 Å². The lowest BCUT2D eigenvalue weighted by Crippen LogP contribution is -2.41. The molecule has 2 amide bonds. The molecule has 0 spiro atoms. The molecule has 2 N–H and O–H groups in total. The van der Waals surface area contributed by atoms with E-state index in [1.54, 1.807) is 12.4 Å².